The molecule has 3 atom stereocenters. The van der Waals surface area contributed by atoms with Gasteiger partial charge in [-0.05, 0) is 54.3 Å². The van der Waals surface area contributed by atoms with E-state index in [1.54, 1.807) is 6.07 Å². The van der Waals surface area contributed by atoms with Gasteiger partial charge in [0.25, 0.3) is 0 Å². The molecule has 3 unspecified atom stereocenters. The minimum Gasteiger partial charge on any atom is -0.392 e. The van der Waals surface area contributed by atoms with Crippen LogP contribution < -0.4 is 0 Å². The molecule has 0 bridgehead atoms. The molecule has 1 heterocycles. The van der Waals surface area contributed by atoms with Crippen LogP contribution in [0.3, 0.4) is 0 Å². The zero-order valence-corrected chi connectivity index (χ0v) is 15.6. The van der Waals surface area contributed by atoms with Gasteiger partial charge in [-0.1, -0.05) is 18.2 Å². The highest BCUT2D eigenvalue weighted by Gasteiger charge is 2.36. The minimum absolute atomic E-state index is 0.168. The molecule has 0 saturated carbocycles. The molecule has 0 aromatic heterocycles. The van der Waals surface area contributed by atoms with E-state index in [0.29, 0.717) is 6.54 Å². The molecule has 1 fully saturated rings. The molecular weight excluding hydrogens is 346 g/mol. The van der Waals surface area contributed by atoms with Gasteiger partial charge in [-0.25, -0.2) is 8.78 Å². The van der Waals surface area contributed by atoms with Crippen molar-refractivity contribution < 1.29 is 13.9 Å². The summed E-state index contributed by atoms with van der Waals surface area (Å²) in [4.78, 5) is 4.71. The Hall–Kier alpha value is -1.82. The highest BCUT2D eigenvalue weighted by Crippen LogP contribution is 2.47. The molecule has 2 aliphatic rings. The Kier molecular flexibility index (Phi) is 5.26. The lowest BCUT2D eigenvalue weighted by Crippen LogP contribution is -2.49. The van der Waals surface area contributed by atoms with Gasteiger partial charge < -0.3 is 5.11 Å². The molecule has 3 nitrogen and oxygen atoms in total. The number of nitrogens with zero attached hydrogens (tertiary/aromatic N) is 2. The zero-order chi connectivity index (χ0) is 19.0. The molecule has 27 heavy (non-hydrogen) atoms. The highest BCUT2D eigenvalue weighted by atomic mass is 19.1. The first-order valence-electron chi connectivity index (χ1n) is 9.70. The predicted molar refractivity (Wildman–Crippen MR) is 102 cm³/mol. The number of benzene rings is 2. The van der Waals surface area contributed by atoms with Crippen LogP contribution in [-0.4, -0.2) is 53.7 Å². The summed E-state index contributed by atoms with van der Waals surface area (Å²) in [5.41, 5.74) is 3.30. The molecule has 5 heteroatoms. The lowest BCUT2D eigenvalue weighted by molar-refractivity contribution is 0.0614. The molecule has 4 rings (SSSR count). The average molecular weight is 372 g/mol. The van der Waals surface area contributed by atoms with E-state index in [0.717, 1.165) is 49.3 Å². The number of hydrogen-bond donors (Lipinski definition) is 1. The van der Waals surface area contributed by atoms with E-state index >= 15 is 0 Å². The summed E-state index contributed by atoms with van der Waals surface area (Å²) in [5.74, 6) is -0.269. The van der Waals surface area contributed by atoms with Crippen molar-refractivity contribution in [2.24, 2.45) is 0 Å². The first kappa shape index (κ1) is 18.5. The maximum absolute atomic E-state index is 14.0. The van der Waals surface area contributed by atoms with Crippen molar-refractivity contribution in [1.29, 1.82) is 0 Å². The van der Waals surface area contributed by atoms with Crippen LogP contribution in [-0.2, 0) is 0 Å². The van der Waals surface area contributed by atoms with E-state index in [4.69, 9.17) is 0 Å². The monoisotopic (exact) mass is 372 g/mol. The van der Waals surface area contributed by atoms with Crippen molar-refractivity contribution in [3.8, 4) is 0 Å². The summed E-state index contributed by atoms with van der Waals surface area (Å²) in [6.45, 7) is 6.14. The van der Waals surface area contributed by atoms with E-state index in [1.807, 2.05) is 25.1 Å². The van der Waals surface area contributed by atoms with Crippen LogP contribution in [0.1, 0.15) is 42.0 Å². The van der Waals surface area contributed by atoms with Gasteiger partial charge in [0, 0.05) is 44.7 Å². The Morgan fingerprint density at radius 1 is 0.963 bits per heavy atom. The summed E-state index contributed by atoms with van der Waals surface area (Å²) in [6.07, 6.45) is 0.571. The van der Waals surface area contributed by atoms with Crippen molar-refractivity contribution >= 4 is 0 Å². The molecule has 0 radical (unpaired) electrons. The summed E-state index contributed by atoms with van der Waals surface area (Å²) in [7, 11) is 0. The van der Waals surface area contributed by atoms with Gasteiger partial charge in [0.2, 0.25) is 0 Å². The Labute approximate surface area is 159 Å². The predicted octanol–water partition coefficient (Wildman–Crippen LogP) is 3.54. The van der Waals surface area contributed by atoms with Gasteiger partial charge in [-0.2, -0.15) is 0 Å². The number of halogens is 2. The minimum atomic E-state index is -0.319. The third-order valence-electron chi connectivity index (χ3n) is 5.88. The van der Waals surface area contributed by atoms with Crippen LogP contribution >= 0.6 is 0 Å². The van der Waals surface area contributed by atoms with Gasteiger partial charge in [-0.3, -0.25) is 9.80 Å². The van der Waals surface area contributed by atoms with Crippen molar-refractivity contribution in [3.63, 3.8) is 0 Å². The number of aliphatic hydroxyl groups excluding tert-OH is 1. The third kappa shape index (κ3) is 3.91. The lowest BCUT2D eigenvalue weighted by Gasteiger charge is -2.38. The maximum atomic E-state index is 14.0. The third-order valence-corrected chi connectivity index (χ3v) is 5.88. The van der Waals surface area contributed by atoms with Crippen molar-refractivity contribution in [2.75, 3.05) is 32.7 Å². The second-order valence-electron chi connectivity index (χ2n) is 7.81. The van der Waals surface area contributed by atoms with Gasteiger partial charge in [-0.15, -0.1) is 0 Å². The fourth-order valence-corrected chi connectivity index (χ4v) is 4.62. The Balaban J connectivity index is 1.56. The quantitative estimate of drug-likeness (QED) is 0.889. The van der Waals surface area contributed by atoms with E-state index in [2.05, 4.69) is 9.80 Å². The Morgan fingerprint density at radius 3 is 2.30 bits per heavy atom. The van der Waals surface area contributed by atoms with E-state index < -0.39 is 0 Å². The van der Waals surface area contributed by atoms with Gasteiger partial charge in [0.05, 0.1) is 6.10 Å². The van der Waals surface area contributed by atoms with Crippen LogP contribution in [0.5, 0.6) is 0 Å². The Morgan fingerprint density at radius 2 is 1.63 bits per heavy atom. The molecule has 1 N–H and O–H groups in total. The molecule has 144 valence electrons. The molecule has 1 saturated heterocycles. The standard InChI is InChI=1S/C22H26F2N2O/c1-15(27)14-25-8-10-26(11-9-25)22-13-20(16-2-4-17(23)5-3-16)19-7-6-18(24)12-21(19)22/h2-7,12,15,20,22,27H,8-11,13-14H2,1H3. The number of hydrogen-bond acceptors (Lipinski definition) is 3. The van der Waals surface area contributed by atoms with E-state index in [1.165, 1.54) is 18.2 Å². The van der Waals surface area contributed by atoms with Crippen LogP contribution in [0.15, 0.2) is 42.5 Å². The van der Waals surface area contributed by atoms with Crippen LogP contribution in [0, 0.1) is 11.6 Å². The summed E-state index contributed by atoms with van der Waals surface area (Å²) >= 11 is 0. The van der Waals surface area contributed by atoms with Crippen molar-refractivity contribution in [3.05, 3.63) is 70.8 Å². The Bertz CT molecular complexity index is 785. The summed E-state index contributed by atoms with van der Waals surface area (Å²) in [5, 5.41) is 9.60. The topological polar surface area (TPSA) is 26.7 Å². The molecule has 1 aliphatic heterocycles. The normalized spacial score (nSPS) is 24.7. The number of rotatable bonds is 4. The first-order chi connectivity index (χ1) is 13.0. The summed E-state index contributed by atoms with van der Waals surface area (Å²) < 4.78 is 27.3. The second kappa shape index (κ2) is 7.66. The fraction of sp³-hybridized carbons (Fsp3) is 0.455. The molecule has 2 aromatic carbocycles. The SMILES string of the molecule is CC(O)CN1CCN(C2CC(c3ccc(F)cc3)c3ccc(F)cc32)CC1. The number of piperazine rings is 1. The smallest absolute Gasteiger partial charge is 0.123 e. The van der Waals surface area contributed by atoms with Crippen LogP contribution in [0.4, 0.5) is 8.78 Å². The number of aliphatic hydroxyl groups is 1. The van der Waals surface area contributed by atoms with Crippen molar-refractivity contribution in [2.45, 2.75) is 31.4 Å². The number of fused-ring (bicyclic) bond motifs is 1. The average Bonchev–Trinajstić information content (AvgIpc) is 3.01. The molecular formula is C22H26F2N2O. The maximum Gasteiger partial charge on any atom is 0.123 e. The van der Waals surface area contributed by atoms with Crippen LogP contribution in [0.2, 0.25) is 0 Å². The van der Waals surface area contributed by atoms with Gasteiger partial charge in [0.1, 0.15) is 11.6 Å². The molecule has 2 aromatic rings. The van der Waals surface area contributed by atoms with E-state index in [9.17, 15) is 13.9 Å². The van der Waals surface area contributed by atoms with Crippen molar-refractivity contribution in [1.82, 2.24) is 9.80 Å². The fourth-order valence-electron chi connectivity index (χ4n) is 4.62. The summed E-state index contributed by atoms with van der Waals surface area (Å²) in [6, 6.07) is 12.0. The molecule has 0 amide bonds. The van der Waals surface area contributed by atoms with Gasteiger partial charge >= 0.3 is 0 Å². The lowest BCUT2D eigenvalue weighted by atomic mass is 9.93. The zero-order valence-electron chi connectivity index (χ0n) is 15.6. The van der Waals surface area contributed by atoms with E-state index in [-0.39, 0.29) is 29.7 Å². The second-order valence-corrected chi connectivity index (χ2v) is 7.81. The molecule has 0 spiro atoms. The number of β-amino-alcohol motifs (C(OH)–C–C–N with tert-alkyl or cyclic N) is 1. The van der Waals surface area contributed by atoms with Gasteiger partial charge in [0.15, 0.2) is 0 Å². The largest absolute Gasteiger partial charge is 0.392 e. The first-order valence-corrected chi connectivity index (χ1v) is 9.70. The highest BCUT2D eigenvalue weighted by molar-refractivity contribution is 5.45. The van der Waals surface area contributed by atoms with Crippen LogP contribution in [0.25, 0.3) is 0 Å². The molecule has 1 aliphatic carbocycles.